The number of aromatic nitrogens is 3. The first-order chi connectivity index (χ1) is 15.3. The number of halogens is 2. The molecule has 32 heavy (non-hydrogen) atoms. The Bertz CT molecular complexity index is 1190. The molecule has 3 aliphatic carbocycles. The Labute approximate surface area is 193 Å². The highest BCUT2D eigenvalue weighted by Crippen LogP contribution is 2.80. The predicted octanol–water partition coefficient (Wildman–Crippen LogP) is 2.82. The third-order valence-electron chi connectivity index (χ3n) is 7.74. The molecule has 4 atom stereocenters. The van der Waals surface area contributed by atoms with Gasteiger partial charge in [0.2, 0.25) is 0 Å². The molecule has 3 saturated carbocycles. The van der Waals surface area contributed by atoms with Crippen molar-refractivity contribution in [2.24, 2.45) is 5.41 Å². The number of nitrogens with two attached hydrogens (primary N) is 1. The molecule has 0 bridgehead atoms. The van der Waals surface area contributed by atoms with E-state index in [-0.39, 0.29) is 17.4 Å². The molecule has 3 fully saturated rings. The topological polar surface area (TPSA) is 109 Å². The molecule has 0 aliphatic heterocycles. The number of aliphatic hydroxyl groups is 2. The minimum atomic E-state index is -0.933. The molecule has 0 saturated heterocycles. The van der Waals surface area contributed by atoms with Crippen molar-refractivity contribution in [3.8, 4) is 0 Å². The Kier molecular flexibility index (Phi) is 4.47. The molecular weight excluding hydrogens is 477 g/mol. The summed E-state index contributed by atoms with van der Waals surface area (Å²) in [6.07, 6.45) is 3.42. The number of nitrogen functional groups attached to an aromatic ring is 1. The van der Waals surface area contributed by atoms with E-state index in [1.54, 1.807) is 0 Å². The van der Waals surface area contributed by atoms with Gasteiger partial charge in [-0.2, -0.15) is 0 Å². The Morgan fingerprint density at radius 2 is 1.91 bits per heavy atom. The van der Waals surface area contributed by atoms with E-state index in [0.29, 0.717) is 42.7 Å². The summed E-state index contributed by atoms with van der Waals surface area (Å²) >= 11 is 3.51. The SMILES string of the molecule is Nc1ncnc2c1c(Br)cn2[C@@H]1C[C@H](c2ccc(CNCC34CC3(F)C4)cc2)[C@@H](O)[C@H]1O. The minimum Gasteiger partial charge on any atom is -0.390 e. The van der Waals surface area contributed by atoms with Gasteiger partial charge in [0, 0.05) is 35.1 Å². The van der Waals surface area contributed by atoms with E-state index < -0.39 is 17.9 Å². The van der Waals surface area contributed by atoms with Gasteiger partial charge in [-0.1, -0.05) is 24.3 Å². The highest BCUT2D eigenvalue weighted by Gasteiger charge is 2.84. The highest BCUT2D eigenvalue weighted by molar-refractivity contribution is 9.10. The van der Waals surface area contributed by atoms with Gasteiger partial charge >= 0.3 is 0 Å². The van der Waals surface area contributed by atoms with Gasteiger partial charge in [0.15, 0.2) is 0 Å². The maximum Gasteiger partial charge on any atom is 0.146 e. The number of hydrogen-bond donors (Lipinski definition) is 4. The second-order valence-electron chi connectivity index (χ2n) is 9.68. The summed E-state index contributed by atoms with van der Waals surface area (Å²) in [7, 11) is 0. The maximum absolute atomic E-state index is 13.7. The number of alkyl halides is 1. The third-order valence-corrected chi connectivity index (χ3v) is 8.34. The van der Waals surface area contributed by atoms with E-state index in [1.165, 1.54) is 6.33 Å². The lowest BCUT2D eigenvalue weighted by Gasteiger charge is -2.19. The first-order valence-electron chi connectivity index (χ1n) is 10.9. The fourth-order valence-electron chi connectivity index (χ4n) is 5.48. The summed E-state index contributed by atoms with van der Waals surface area (Å²) < 4.78 is 16.3. The standard InChI is InChI=1S/C23H25BrFN5O2/c24-15-7-30(21-17(15)20(26)28-11-29-21)16-5-14(18(31)19(16)32)13-3-1-12(2-4-13)6-27-10-22-8-23(22,25)9-22/h1-4,7,11,14,16,18-19,27,31-32H,5-6,8-10H2,(H2,26,28,29)/t14-,16-,18-,19+,22?,23?/m1/s1. The summed E-state index contributed by atoms with van der Waals surface area (Å²) in [5, 5.41) is 25.8. The summed E-state index contributed by atoms with van der Waals surface area (Å²) in [5.74, 6) is 0.172. The van der Waals surface area contributed by atoms with Crippen LogP contribution in [-0.4, -0.2) is 49.2 Å². The van der Waals surface area contributed by atoms with Crippen molar-refractivity contribution in [3.63, 3.8) is 0 Å². The van der Waals surface area contributed by atoms with Crippen LogP contribution in [0.3, 0.4) is 0 Å². The van der Waals surface area contributed by atoms with Gasteiger partial charge in [0.05, 0.1) is 17.5 Å². The molecule has 0 radical (unpaired) electrons. The van der Waals surface area contributed by atoms with Crippen LogP contribution < -0.4 is 11.1 Å². The number of nitrogens with zero attached hydrogens (tertiary/aromatic N) is 3. The lowest BCUT2D eigenvalue weighted by molar-refractivity contribution is 0.0179. The van der Waals surface area contributed by atoms with Crippen molar-refractivity contribution in [3.05, 3.63) is 52.4 Å². The first kappa shape index (κ1) is 20.5. The largest absolute Gasteiger partial charge is 0.390 e. The molecule has 0 amide bonds. The van der Waals surface area contributed by atoms with Gasteiger partial charge in [-0.25, -0.2) is 14.4 Å². The second-order valence-corrected chi connectivity index (χ2v) is 10.5. The zero-order valence-corrected chi connectivity index (χ0v) is 19.0. The molecule has 3 aliphatic rings. The van der Waals surface area contributed by atoms with Gasteiger partial charge in [-0.05, 0) is 46.3 Å². The molecular formula is C23H25BrFN5O2. The molecule has 9 heteroatoms. The molecule has 0 unspecified atom stereocenters. The number of nitrogens with one attached hydrogen (secondary N) is 1. The Morgan fingerprint density at radius 3 is 2.59 bits per heavy atom. The van der Waals surface area contributed by atoms with E-state index in [0.717, 1.165) is 22.1 Å². The number of benzene rings is 1. The van der Waals surface area contributed by atoms with Crippen molar-refractivity contribution in [1.82, 2.24) is 19.9 Å². The smallest absolute Gasteiger partial charge is 0.146 e. The second kappa shape index (κ2) is 6.96. The normalized spacial score (nSPS) is 35.2. The molecule has 168 valence electrons. The Morgan fingerprint density at radius 1 is 1.19 bits per heavy atom. The van der Waals surface area contributed by atoms with Crippen LogP contribution in [0.25, 0.3) is 11.0 Å². The van der Waals surface area contributed by atoms with Gasteiger partial charge in [0.1, 0.15) is 29.6 Å². The van der Waals surface area contributed by atoms with E-state index in [4.69, 9.17) is 5.73 Å². The fourth-order valence-corrected chi connectivity index (χ4v) is 6.08. The summed E-state index contributed by atoms with van der Waals surface area (Å²) in [5.41, 5.74) is 7.80. The van der Waals surface area contributed by atoms with Crippen molar-refractivity contribution < 1.29 is 14.6 Å². The molecule has 5 N–H and O–H groups in total. The molecule has 2 aromatic heterocycles. The third kappa shape index (κ3) is 3.02. The van der Waals surface area contributed by atoms with Crippen LogP contribution in [0.5, 0.6) is 0 Å². The van der Waals surface area contributed by atoms with Crippen LogP contribution >= 0.6 is 15.9 Å². The lowest BCUT2D eigenvalue weighted by Crippen LogP contribution is -2.28. The van der Waals surface area contributed by atoms with Gasteiger partial charge in [-0.3, -0.25) is 0 Å². The predicted molar refractivity (Wildman–Crippen MR) is 122 cm³/mol. The molecule has 6 rings (SSSR count). The van der Waals surface area contributed by atoms with Gasteiger partial charge in [0.25, 0.3) is 0 Å². The quantitative estimate of drug-likeness (QED) is 0.413. The van der Waals surface area contributed by atoms with Crippen molar-refractivity contribution in [2.75, 3.05) is 12.3 Å². The number of aliphatic hydroxyl groups excluding tert-OH is 2. The Hall–Kier alpha value is -2.07. The zero-order chi connectivity index (χ0) is 22.3. The average molecular weight is 502 g/mol. The number of rotatable bonds is 6. The first-order valence-corrected chi connectivity index (χ1v) is 11.7. The zero-order valence-electron chi connectivity index (χ0n) is 17.4. The summed E-state index contributed by atoms with van der Waals surface area (Å²) in [4.78, 5) is 8.40. The average Bonchev–Trinajstić information content (AvgIpc) is 3.40. The van der Waals surface area contributed by atoms with E-state index >= 15 is 0 Å². The molecule has 2 heterocycles. The highest BCUT2D eigenvalue weighted by atomic mass is 79.9. The summed E-state index contributed by atoms with van der Waals surface area (Å²) in [6.45, 7) is 1.43. The summed E-state index contributed by atoms with van der Waals surface area (Å²) in [6, 6.07) is 7.75. The van der Waals surface area contributed by atoms with E-state index in [2.05, 4.69) is 31.2 Å². The molecule has 7 nitrogen and oxygen atoms in total. The maximum atomic E-state index is 13.7. The van der Waals surface area contributed by atoms with Crippen molar-refractivity contribution in [2.45, 2.75) is 55.6 Å². The van der Waals surface area contributed by atoms with Crippen LogP contribution in [0.4, 0.5) is 10.2 Å². The van der Waals surface area contributed by atoms with Crippen LogP contribution in [0.15, 0.2) is 41.3 Å². The van der Waals surface area contributed by atoms with E-state index in [1.807, 2.05) is 35.0 Å². The van der Waals surface area contributed by atoms with Crippen LogP contribution in [0.2, 0.25) is 0 Å². The molecule has 3 aromatic rings. The molecule has 1 aromatic carbocycles. The number of anilines is 1. The molecule has 0 spiro atoms. The van der Waals surface area contributed by atoms with Crippen LogP contribution in [0.1, 0.15) is 42.3 Å². The Balaban J connectivity index is 1.17. The van der Waals surface area contributed by atoms with Gasteiger partial charge in [-0.15, -0.1) is 0 Å². The number of hydrogen-bond acceptors (Lipinski definition) is 6. The fraction of sp³-hybridized carbons (Fsp3) is 0.478. The van der Waals surface area contributed by atoms with Crippen LogP contribution in [0, 0.1) is 5.41 Å². The van der Waals surface area contributed by atoms with Crippen molar-refractivity contribution >= 4 is 32.8 Å². The minimum absolute atomic E-state index is 0.0702. The van der Waals surface area contributed by atoms with E-state index in [9.17, 15) is 14.6 Å². The number of fused-ring (bicyclic) bond motifs is 2. The monoisotopic (exact) mass is 501 g/mol. The van der Waals surface area contributed by atoms with Crippen molar-refractivity contribution in [1.29, 1.82) is 0 Å². The van der Waals surface area contributed by atoms with Gasteiger partial charge < -0.3 is 25.8 Å². The lowest BCUT2D eigenvalue weighted by atomic mass is 9.94. The van der Waals surface area contributed by atoms with Crippen LogP contribution in [-0.2, 0) is 6.54 Å².